The summed E-state index contributed by atoms with van der Waals surface area (Å²) in [7, 11) is 1.62. The standard InChI is InChI=1S/C24H29FN4O4/c1-13-11-17(8-9-19(13)25)26-23(32)20-14(2)21(28(5)15(20)3)22(31)24(33)27-18-7-6-10-29(12-18)16(4)30/h8-9,11,18H,6-7,10,12H2,1-5H3,(H,26,32)(H,27,33)/t18-/m1/s1. The van der Waals surface area contributed by atoms with Crippen LogP contribution in [0.1, 0.15) is 57.4 Å². The number of halogens is 1. The van der Waals surface area contributed by atoms with Gasteiger partial charge in [-0.05, 0) is 62.9 Å². The van der Waals surface area contributed by atoms with Crippen molar-refractivity contribution >= 4 is 29.2 Å². The van der Waals surface area contributed by atoms with Gasteiger partial charge in [0.25, 0.3) is 17.6 Å². The topological polar surface area (TPSA) is 101 Å². The predicted molar refractivity (Wildman–Crippen MR) is 122 cm³/mol. The third-order valence-electron chi connectivity index (χ3n) is 6.20. The van der Waals surface area contributed by atoms with Crippen molar-refractivity contribution in [3.05, 3.63) is 52.1 Å². The van der Waals surface area contributed by atoms with Gasteiger partial charge >= 0.3 is 0 Å². The average Bonchev–Trinajstić information content (AvgIpc) is 2.98. The molecular formula is C24H29FN4O4. The molecule has 1 fully saturated rings. The molecule has 1 aromatic heterocycles. The zero-order chi connectivity index (χ0) is 24.4. The van der Waals surface area contributed by atoms with Crippen molar-refractivity contribution in [2.75, 3.05) is 18.4 Å². The lowest BCUT2D eigenvalue weighted by atomic mass is 10.0. The number of Topliss-reactive ketones (excluding diaryl/α,β-unsaturated/α-hetero) is 1. The minimum atomic E-state index is -0.768. The molecule has 0 bridgehead atoms. The molecule has 3 amide bonds. The molecule has 0 spiro atoms. The highest BCUT2D eigenvalue weighted by molar-refractivity contribution is 6.43. The summed E-state index contributed by atoms with van der Waals surface area (Å²) in [6.07, 6.45) is 1.42. The Morgan fingerprint density at radius 2 is 1.82 bits per heavy atom. The van der Waals surface area contributed by atoms with Crippen molar-refractivity contribution in [1.82, 2.24) is 14.8 Å². The Labute approximate surface area is 192 Å². The minimum Gasteiger partial charge on any atom is -0.345 e. The van der Waals surface area contributed by atoms with Crippen LogP contribution in [0.2, 0.25) is 0 Å². The number of carbonyl (C=O) groups excluding carboxylic acids is 4. The van der Waals surface area contributed by atoms with Crippen LogP contribution < -0.4 is 10.6 Å². The third-order valence-corrected chi connectivity index (χ3v) is 6.20. The summed E-state index contributed by atoms with van der Waals surface area (Å²) >= 11 is 0. The van der Waals surface area contributed by atoms with Crippen molar-refractivity contribution in [2.45, 2.75) is 46.6 Å². The van der Waals surface area contributed by atoms with Crippen molar-refractivity contribution in [2.24, 2.45) is 7.05 Å². The fourth-order valence-electron chi connectivity index (χ4n) is 4.29. The smallest absolute Gasteiger partial charge is 0.294 e. The zero-order valence-electron chi connectivity index (χ0n) is 19.5. The van der Waals surface area contributed by atoms with E-state index in [9.17, 15) is 23.6 Å². The number of hydrogen-bond acceptors (Lipinski definition) is 4. The molecule has 1 aliphatic heterocycles. The molecule has 3 rings (SSSR count). The summed E-state index contributed by atoms with van der Waals surface area (Å²) in [6.45, 7) is 7.39. The highest BCUT2D eigenvalue weighted by Crippen LogP contribution is 2.24. The van der Waals surface area contributed by atoms with E-state index in [0.717, 1.165) is 6.42 Å². The first-order valence-corrected chi connectivity index (χ1v) is 10.8. The largest absolute Gasteiger partial charge is 0.345 e. The number of likely N-dealkylation sites (tertiary alicyclic amines) is 1. The highest BCUT2D eigenvalue weighted by atomic mass is 19.1. The van der Waals surface area contributed by atoms with Crippen molar-refractivity contribution in [1.29, 1.82) is 0 Å². The van der Waals surface area contributed by atoms with Crippen LogP contribution in [0, 0.1) is 26.6 Å². The molecule has 1 aliphatic rings. The first-order chi connectivity index (χ1) is 15.5. The highest BCUT2D eigenvalue weighted by Gasteiger charge is 2.31. The van der Waals surface area contributed by atoms with Gasteiger partial charge in [0.05, 0.1) is 11.3 Å². The first-order valence-electron chi connectivity index (χ1n) is 10.8. The quantitative estimate of drug-likeness (QED) is 0.534. The van der Waals surface area contributed by atoms with E-state index in [2.05, 4.69) is 10.6 Å². The Kier molecular flexibility index (Phi) is 7.00. The molecule has 0 aliphatic carbocycles. The number of benzene rings is 1. The van der Waals surface area contributed by atoms with Gasteiger partial charge in [-0.3, -0.25) is 19.2 Å². The summed E-state index contributed by atoms with van der Waals surface area (Å²) in [5.41, 5.74) is 2.16. The second kappa shape index (κ2) is 9.56. The average molecular weight is 457 g/mol. The van der Waals surface area contributed by atoms with Crippen LogP contribution in [-0.2, 0) is 16.6 Å². The maximum atomic E-state index is 13.5. The van der Waals surface area contributed by atoms with Crippen LogP contribution in [0.4, 0.5) is 10.1 Å². The van der Waals surface area contributed by atoms with Crippen LogP contribution in [0.5, 0.6) is 0 Å². The van der Waals surface area contributed by atoms with Gasteiger partial charge in [0.2, 0.25) is 5.91 Å². The summed E-state index contributed by atoms with van der Waals surface area (Å²) in [5, 5.41) is 5.46. The molecule has 2 heterocycles. The normalized spacial score (nSPS) is 15.8. The van der Waals surface area contributed by atoms with Crippen LogP contribution in [0.3, 0.4) is 0 Å². The van der Waals surface area contributed by atoms with Crippen LogP contribution in [0.15, 0.2) is 18.2 Å². The number of aryl methyl sites for hydroxylation is 1. The second-order valence-electron chi connectivity index (χ2n) is 8.52. The molecule has 0 radical (unpaired) electrons. The van der Waals surface area contributed by atoms with E-state index in [0.29, 0.717) is 42.0 Å². The molecule has 8 nitrogen and oxygen atoms in total. The molecule has 2 N–H and O–H groups in total. The number of piperidine rings is 1. The number of amides is 3. The molecule has 33 heavy (non-hydrogen) atoms. The van der Waals surface area contributed by atoms with Gasteiger partial charge in [0.1, 0.15) is 5.82 Å². The monoisotopic (exact) mass is 456 g/mol. The first kappa shape index (κ1) is 24.2. The SMILES string of the molecule is CC(=O)N1CCC[C@@H](NC(=O)C(=O)c2c(C)c(C(=O)Nc3ccc(F)c(C)c3)c(C)n2C)C1. The lowest BCUT2D eigenvalue weighted by Gasteiger charge is -2.32. The Balaban J connectivity index is 1.79. The minimum absolute atomic E-state index is 0.0684. The van der Waals surface area contributed by atoms with E-state index in [-0.39, 0.29) is 29.0 Å². The summed E-state index contributed by atoms with van der Waals surface area (Å²) in [4.78, 5) is 52.0. The maximum Gasteiger partial charge on any atom is 0.294 e. The number of carbonyl (C=O) groups is 4. The Bertz CT molecular complexity index is 1140. The van der Waals surface area contributed by atoms with Gasteiger partial charge in [-0.25, -0.2) is 4.39 Å². The van der Waals surface area contributed by atoms with E-state index in [1.165, 1.54) is 29.7 Å². The van der Waals surface area contributed by atoms with Crippen LogP contribution in [-0.4, -0.2) is 52.1 Å². The number of hydrogen-bond donors (Lipinski definition) is 2. The Morgan fingerprint density at radius 3 is 2.45 bits per heavy atom. The van der Waals surface area contributed by atoms with Gasteiger partial charge in [0, 0.05) is 44.5 Å². The van der Waals surface area contributed by atoms with Crippen LogP contribution >= 0.6 is 0 Å². The third kappa shape index (κ3) is 4.97. The summed E-state index contributed by atoms with van der Waals surface area (Å²) in [6, 6.07) is 3.95. The zero-order valence-corrected chi connectivity index (χ0v) is 19.5. The lowest BCUT2D eigenvalue weighted by molar-refractivity contribution is -0.131. The van der Waals surface area contributed by atoms with E-state index < -0.39 is 17.6 Å². The van der Waals surface area contributed by atoms with Crippen molar-refractivity contribution in [3.8, 4) is 0 Å². The molecule has 2 aromatic rings. The molecule has 0 saturated carbocycles. The molecule has 1 saturated heterocycles. The van der Waals surface area contributed by atoms with Gasteiger partial charge in [0.15, 0.2) is 0 Å². The Morgan fingerprint density at radius 1 is 1.12 bits per heavy atom. The Hall–Kier alpha value is -3.49. The molecule has 1 atom stereocenters. The second-order valence-corrected chi connectivity index (χ2v) is 8.52. The lowest BCUT2D eigenvalue weighted by Crippen LogP contribution is -2.50. The van der Waals surface area contributed by atoms with Crippen molar-refractivity contribution in [3.63, 3.8) is 0 Å². The van der Waals surface area contributed by atoms with E-state index in [1.54, 1.807) is 32.7 Å². The number of nitrogens with one attached hydrogen (secondary N) is 2. The van der Waals surface area contributed by atoms with Gasteiger partial charge in [-0.2, -0.15) is 0 Å². The molecule has 1 aromatic carbocycles. The number of rotatable bonds is 5. The predicted octanol–water partition coefficient (Wildman–Crippen LogP) is 2.65. The maximum absolute atomic E-state index is 13.5. The van der Waals surface area contributed by atoms with Gasteiger partial charge < -0.3 is 20.1 Å². The fraction of sp³-hybridized carbons (Fsp3) is 0.417. The fourth-order valence-corrected chi connectivity index (χ4v) is 4.29. The molecular weight excluding hydrogens is 427 g/mol. The number of aromatic nitrogens is 1. The number of nitrogens with zero attached hydrogens (tertiary/aromatic N) is 2. The van der Waals surface area contributed by atoms with Gasteiger partial charge in [-0.1, -0.05) is 0 Å². The van der Waals surface area contributed by atoms with Gasteiger partial charge in [-0.15, -0.1) is 0 Å². The van der Waals surface area contributed by atoms with Crippen LogP contribution in [0.25, 0.3) is 0 Å². The molecule has 176 valence electrons. The molecule has 9 heteroatoms. The van der Waals surface area contributed by atoms with E-state index in [4.69, 9.17) is 0 Å². The summed E-state index contributed by atoms with van der Waals surface area (Å²) in [5.74, 6) is -2.40. The molecule has 0 unspecified atom stereocenters. The van der Waals surface area contributed by atoms with Crippen molar-refractivity contribution < 1.29 is 23.6 Å². The summed E-state index contributed by atoms with van der Waals surface area (Å²) < 4.78 is 15.1. The van der Waals surface area contributed by atoms with E-state index >= 15 is 0 Å². The number of anilines is 1. The van der Waals surface area contributed by atoms with E-state index in [1.807, 2.05) is 0 Å². The number of ketones is 1.